The number of aliphatic hydroxyl groups excluding tert-OH is 1. The van der Waals surface area contributed by atoms with Crippen LogP contribution in [0, 0.1) is 0 Å². The highest BCUT2D eigenvalue weighted by Crippen LogP contribution is 2.23. The molecule has 0 aliphatic rings. The summed E-state index contributed by atoms with van der Waals surface area (Å²) in [5, 5.41) is 18.3. The number of rotatable bonds is 3. The Morgan fingerprint density at radius 1 is 1.36 bits per heavy atom. The van der Waals surface area contributed by atoms with Crippen LogP contribution in [-0.2, 0) is 11.2 Å². The first-order valence-electron chi connectivity index (χ1n) is 3.85. The van der Waals surface area contributed by atoms with Crippen molar-refractivity contribution >= 4 is 29.2 Å². The van der Waals surface area contributed by atoms with Crippen LogP contribution in [0.25, 0.3) is 0 Å². The van der Waals surface area contributed by atoms with Crippen LogP contribution in [0.4, 0.5) is 0 Å². The lowest BCUT2D eigenvalue weighted by Gasteiger charge is -2.06. The van der Waals surface area contributed by atoms with Gasteiger partial charge in [0.25, 0.3) is 0 Å². The normalized spacial score (nSPS) is 12.5. The molecule has 2 N–H and O–H groups in total. The van der Waals surface area contributed by atoms with Crippen molar-refractivity contribution in [2.75, 3.05) is 0 Å². The topological polar surface area (TPSA) is 57.5 Å². The van der Waals surface area contributed by atoms with E-state index in [4.69, 9.17) is 33.4 Å². The van der Waals surface area contributed by atoms with Gasteiger partial charge in [-0.25, -0.2) is 4.79 Å². The Hall–Kier alpha value is -0.770. The number of hydrogen-bond acceptors (Lipinski definition) is 2. The molecule has 0 saturated carbocycles. The van der Waals surface area contributed by atoms with Gasteiger partial charge in [0.2, 0.25) is 0 Å². The number of carbonyl (C=O) groups is 1. The minimum Gasteiger partial charge on any atom is -0.479 e. The summed E-state index contributed by atoms with van der Waals surface area (Å²) in [4.78, 5) is 10.3. The fourth-order valence-electron chi connectivity index (χ4n) is 0.977. The maximum atomic E-state index is 10.3. The van der Waals surface area contributed by atoms with Gasteiger partial charge in [-0.15, -0.1) is 0 Å². The molecule has 0 saturated heterocycles. The maximum Gasteiger partial charge on any atom is 0.332 e. The number of carboxylic acid groups (broad SMARTS) is 1. The Morgan fingerprint density at radius 2 is 2.00 bits per heavy atom. The summed E-state index contributed by atoms with van der Waals surface area (Å²) in [6, 6.07) is 4.73. The van der Waals surface area contributed by atoms with Crippen LogP contribution < -0.4 is 0 Å². The Kier molecular flexibility index (Phi) is 3.75. The maximum absolute atomic E-state index is 10.3. The minimum atomic E-state index is -1.41. The molecule has 0 radical (unpaired) electrons. The third-order valence-corrected chi connectivity index (χ3v) is 2.44. The van der Waals surface area contributed by atoms with Crippen LogP contribution in [0.15, 0.2) is 18.2 Å². The van der Waals surface area contributed by atoms with Gasteiger partial charge in [0.1, 0.15) is 0 Å². The van der Waals surface area contributed by atoms with Gasteiger partial charge >= 0.3 is 5.97 Å². The summed E-state index contributed by atoms with van der Waals surface area (Å²) in [6.45, 7) is 0. The molecule has 76 valence electrons. The Balaban J connectivity index is 2.78. The molecule has 0 amide bonds. The van der Waals surface area contributed by atoms with Crippen molar-refractivity contribution < 1.29 is 15.0 Å². The van der Waals surface area contributed by atoms with Gasteiger partial charge in [0.15, 0.2) is 6.10 Å². The molecular formula is C9H8Cl2O3. The lowest BCUT2D eigenvalue weighted by atomic mass is 10.1. The summed E-state index contributed by atoms with van der Waals surface area (Å²) in [6.07, 6.45) is -1.39. The highest BCUT2D eigenvalue weighted by atomic mass is 35.5. The van der Waals surface area contributed by atoms with Crippen molar-refractivity contribution in [3.8, 4) is 0 Å². The number of hydrogen-bond donors (Lipinski definition) is 2. The average Bonchev–Trinajstić information content (AvgIpc) is 2.11. The zero-order valence-corrected chi connectivity index (χ0v) is 8.59. The van der Waals surface area contributed by atoms with Gasteiger partial charge in [-0.05, 0) is 17.7 Å². The van der Waals surface area contributed by atoms with E-state index in [-0.39, 0.29) is 6.42 Å². The van der Waals surface area contributed by atoms with Gasteiger partial charge in [0, 0.05) is 6.42 Å². The summed E-state index contributed by atoms with van der Waals surface area (Å²) >= 11 is 11.4. The molecule has 1 atom stereocenters. The van der Waals surface area contributed by atoms with Crippen LogP contribution in [0.1, 0.15) is 5.56 Å². The zero-order valence-electron chi connectivity index (χ0n) is 7.08. The van der Waals surface area contributed by atoms with Crippen LogP contribution in [0.2, 0.25) is 10.0 Å². The molecule has 14 heavy (non-hydrogen) atoms. The van der Waals surface area contributed by atoms with Crippen LogP contribution >= 0.6 is 23.2 Å². The largest absolute Gasteiger partial charge is 0.479 e. The Morgan fingerprint density at radius 3 is 2.50 bits per heavy atom. The zero-order chi connectivity index (χ0) is 10.7. The molecule has 1 rings (SSSR count). The summed E-state index contributed by atoms with van der Waals surface area (Å²) in [5.74, 6) is -1.25. The van der Waals surface area contributed by atoms with Gasteiger partial charge in [-0.3, -0.25) is 0 Å². The fourth-order valence-corrected chi connectivity index (χ4v) is 1.30. The van der Waals surface area contributed by atoms with Crippen molar-refractivity contribution in [3.05, 3.63) is 33.8 Å². The van der Waals surface area contributed by atoms with Crippen LogP contribution in [0.3, 0.4) is 0 Å². The van der Waals surface area contributed by atoms with E-state index in [1.165, 1.54) is 6.07 Å². The molecule has 1 aromatic carbocycles. The standard InChI is InChI=1S/C9H8Cl2O3/c10-6-2-1-5(3-7(6)11)4-8(12)9(13)14/h1-3,8,12H,4H2,(H,13,14)/t8-/m1/s1. The van der Waals surface area contributed by atoms with E-state index in [1.807, 2.05) is 0 Å². The summed E-state index contributed by atoms with van der Waals surface area (Å²) in [5.41, 5.74) is 0.634. The molecule has 0 heterocycles. The van der Waals surface area contributed by atoms with E-state index in [0.29, 0.717) is 15.6 Å². The molecule has 0 aromatic heterocycles. The third-order valence-electron chi connectivity index (χ3n) is 1.70. The lowest BCUT2D eigenvalue weighted by molar-refractivity contribution is -0.146. The first kappa shape index (κ1) is 11.3. The van der Waals surface area contributed by atoms with E-state index in [9.17, 15) is 4.79 Å². The van der Waals surface area contributed by atoms with Gasteiger partial charge in [-0.2, -0.15) is 0 Å². The second kappa shape index (κ2) is 4.64. The van der Waals surface area contributed by atoms with E-state index >= 15 is 0 Å². The predicted octanol–water partition coefficient (Wildman–Crippen LogP) is 1.98. The molecule has 0 aliphatic heterocycles. The molecule has 0 fully saturated rings. The van der Waals surface area contributed by atoms with Crippen molar-refractivity contribution in [1.29, 1.82) is 0 Å². The van der Waals surface area contributed by atoms with Crippen molar-refractivity contribution in [2.24, 2.45) is 0 Å². The molecule has 0 aliphatic carbocycles. The molecule has 5 heteroatoms. The highest BCUT2D eigenvalue weighted by Gasteiger charge is 2.13. The lowest BCUT2D eigenvalue weighted by Crippen LogP contribution is -2.21. The smallest absolute Gasteiger partial charge is 0.332 e. The van der Waals surface area contributed by atoms with E-state index in [0.717, 1.165) is 0 Å². The highest BCUT2D eigenvalue weighted by molar-refractivity contribution is 6.42. The fraction of sp³-hybridized carbons (Fsp3) is 0.222. The monoisotopic (exact) mass is 234 g/mol. The first-order chi connectivity index (χ1) is 6.50. The number of aliphatic carboxylic acids is 1. The summed E-state index contributed by atoms with van der Waals surface area (Å²) < 4.78 is 0. The number of benzene rings is 1. The second-order valence-electron chi connectivity index (χ2n) is 2.81. The van der Waals surface area contributed by atoms with E-state index in [2.05, 4.69) is 0 Å². The number of aliphatic hydroxyl groups is 1. The van der Waals surface area contributed by atoms with E-state index < -0.39 is 12.1 Å². The molecule has 3 nitrogen and oxygen atoms in total. The summed E-state index contributed by atoms with van der Waals surface area (Å²) in [7, 11) is 0. The molecule has 1 aromatic rings. The molecule has 0 unspecified atom stereocenters. The van der Waals surface area contributed by atoms with Crippen molar-refractivity contribution in [3.63, 3.8) is 0 Å². The second-order valence-corrected chi connectivity index (χ2v) is 3.62. The molecule has 0 spiro atoms. The van der Waals surface area contributed by atoms with Gasteiger partial charge in [0.05, 0.1) is 10.0 Å². The Bertz CT molecular complexity index is 352. The van der Waals surface area contributed by atoms with Gasteiger partial charge < -0.3 is 10.2 Å². The minimum absolute atomic E-state index is 0.0201. The number of halogens is 2. The van der Waals surface area contributed by atoms with Crippen molar-refractivity contribution in [1.82, 2.24) is 0 Å². The molecule has 0 bridgehead atoms. The average molecular weight is 235 g/mol. The van der Waals surface area contributed by atoms with Gasteiger partial charge in [-0.1, -0.05) is 29.3 Å². The predicted molar refractivity (Wildman–Crippen MR) is 53.8 cm³/mol. The van der Waals surface area contributed by atoms with Crippen LogP contribution in [-0.4, -0.2) is 22.3 Å². The van der Waals surface area contributed by atoms with E-state index in [1.54, 1.807) is 12.1 Å². The third kappa shape index (κ3) is 2.87. The SMILES string of the molecule is O=C(O)[C@H](O)Cc1ccc(Cl)c(Cl)c1. The van der Waals surface area contributed by atoms with Crippen molar-refractivity contribution in [2.45, 2.75) is 12.5 Å². The Labute approximate surface area is 90.9 Å². The quantitative estimate of drug-likeness (QED) is 0.842. The number of carboxylic acids is 1. The molecular weight excluding hydrogens is 227 g/mol. The first-order valence-corrected chi connectivity index (χ1v) is 4.61. The van der Waals surface area contributed by atoms with Crippen LogP contribution in [0.5, 0.6) is 0 Å².